The van der Waals surface area contributed by atoms with Crippen LogP contribution in [0.15, 0.2) is 79.0 Å². The van der Waals surface area contributed by atoms with Gasteiger partial charge in [-0.05, 0) is 23.3 Å². The number of rotatable bonds is 2. The van der Waals surface area contributed by atoms with Gasteiger partial charge in [0.1, 0.15) is 0 Å². The van der Waals surface area contributed by atoms with Crippen LogP contribution in [0.3, 0.4) is 0 Å². The Morgan fingerprint density at radius 2 is 1.33 bits per heavy atom. The van der Waals surface area contributed by atoms with E-state index in [0.29, 0.717) is 0 Å². The van der Waals surface area contributed by atoms with Crippen LogP contribution in [0, 0.1) is 0 Å². The molecule has 2 aromatic carbocycles. The normalized spacial score (nSPS) is 10.9. The van der Waals surface area contributed by atoms with E-state index in [1.807, 2.05) is 29.7 Å². The number of nitrogens with zero attached hydrogens (tertiary/aromatic N) is 1. The van der Waals surface area contributed by atoms with E-state index in [1.54, 1.807) is 0 Å². The van der Waals surface area contributed by atoms with Crippen LogP contribution in [0.1, 0.15) is 0 Å². The Morgan fingerprint density at radius 1 is 0.667 bits per heavy atom. The Labute approximate surface area is 127 Å². The summed E-state index contributed by atoms with van der Waals surface area (Å²) in [6.07, 6.45) is 1.87. The molecule has 0 spiro atoms. The van der Waals surface area contributed by atoms with Crippen LogP contribution in [0.25, 0.3) is 31.8 Å². The van der Waals surface area contributed by atoms with Crippen LogP contribution in [0.4, 0.5) is 0 Å². The van der Waals surface area contributed by atoms with Gasteiger partial charge in [0.05, 0.1) is 10.2 Å². The quantitative estimate of drug-likeness (QED) is 0.465. The van der Waals surface area contributed by atoms with Crippen molar-refractivity contribution in [1.29, 1.82) is 0 Å². The summed E-state index contributed by atoms with van der Waals surface area (Å²) in [6, 6.07) is 25.2. The van der Waals surface area contributed by atoms with Gasteiger partial charge in [0.25, 0.3) is 0 Å². The number of hydrogen-bond donors (Lipinski definition) is 0. The second-order valence-electron chi connectivity index (χ2n) is 4.89. The second kappa shape index (κ2) is 5.15. The summed E-state index contributed by atoms with van der Waals surface area (Å²) in [6.45, 7) is 0. The molecule has 0 atom stereocenters. The summed E-state index contributed by atoms with van der Waals surface area (Å²) < 4.78 is 1.23. The third kappa shape index (κ3) is 2.14. The average Bonchev–Trinajstić information content (AvgIpc) is 2.96. The SMILES string of the molecule is c1ccc(-c2sc3cccnc3c2-c2ccccc2)cc1. The maximum atomic E-state index is 4.61. The van der Waals surface area contributed by atoms with E-state index in [0.717, 1.165) is 5.52 Å². The van der Waals surface area contributed by atoms with Crippen LogP contribution in [0.5, 0.6) is 0 Å². The molecule has 2 heteroatoms. The number of hydrogen-bond acceptors (Lipinski definition) is 2. The minimum Gasteiger partial charge on any atom is -0.255 e. The highest BCUT2D eigenvalue weighted by molar-refractivity contribution is 7.23. The van der Waals surface area contributed by atoms with Gasteiger partial charge in [0.15, 0.2) is 0 Å². The van der Waals surface area contributed by atoms with Crippen LogP contribution in [-0.2, 0) is 0 Å². The molecule has 4 rings (SSSR count). The summed E-state index contributed by atoms with van der Waals surface area (Å²) in [4.78, 5) is 5.90. The lowest BCUT2D eigenvalue weighted by Crippen LogP contribution is -1.81. The Hall–Kier alpha value is -2.45. The zero-order chi connectivity index (χ0) is 14.1. The van der Waals surface area contributed by atoms with Crippen LogP contribution < -0.4 is 0 Å². The number of fused-ring (bicyclic) bond motifs is 1. The van der Waals surface area contributed by atoms with E-state index in [2.05, 4.69) is 65.6 Å². The van der Waals surface area contributed by atoms with Gasteiger partial charge in [-0.25, -0.2) is 0 Å². The number of aromatic nitrogens is 1. The fourth-order valence-electron chi connectivity index (χ4n) is 2.59. The van der Waals surface area contributed by atoms with Gasteiger partial charge in [-0.2, -0.15) is 0 Å². The van der Waals surface area contributed by atoms with Crippen molar-refractivity contribution in [3.8, 4) is 21.6 Å². The first-order chi connectivity index (χ1) is 10.4. The lowest BCUT2D eigenvalue weighted by atomic mass is 10.0. The van der Waals surface area contributed by atoms with E-state index in [9.17, 15) is 0 Å². The van der Waals surface area contributed by atoms with E-state index >= 15 is 0 Å². The predicted molar refractivity (Wildman–Crippen MR) is 90.5 cm³/mol. The van der Waals surface area contributed by atoms with Crippen molar-refractivity contribution >= 4 is 21.6 Å². The van der Waals surface area contributed by atoms with Crippen molar-refractivity contribution < 1.29 is 0 Å². The molecule has 0 amide bonds. The summed E-state index contributed by atoms with van der Waals surface area (Å²) in [7, 11) is 0. The first-order valence-electron chi connectivity index (χ1n) is 6.92. The minimum atomic E-state index is 1.09. The lowest BCUT2D eigenvalue weighted by Gasteiger charge is -2.04. The highest BCUT2D eigenvalue weighted by atomic mass is 32.1. The van der Waals surface area contributed by atoms with Gasteiger partial charge in [-0.1, -0.05) is 60.7 Å². The molecule has 1 nitrogen and oxygen atoms in total. The van der Waals surface area contributed by atoms with Crippen LogP contribution >= 0.6 is 11.3 Å². The lowest BCUT2D eigenvalue weighted by molar-refractivity contribution is 1.43. The van der Waals surface area contributed by atoms with Crippen molar-refractivity contribution in [1.82, 2.24) is 4.98 Å². The summed E-state index contributed by atoms with van der Waals surface area (Å²) in [5.74, 6) is 0. The highest BCUT2D eigenvalue weighted by Gasteiger charge is 2.15. The molecule has 0 aliphatic heterocycles. The predicted octanol–water partition coefficient (Wildman–Crippen LogP) is 5.63. The molecular formula is C19H13NS. The molecule has 21 heavy (non-hydrogen) atoms. The van der Waals surface area contributed by atoms with Crippen molar-refractivity contribution in [2.24, 2.45) is 0 Å². The Kier molecular flexibility index (Phi) is 3.02. The Morgan fingerprint density at radius 3 is 2.05 bits per heavy atom. The Bertz CT molecular complexity index is 879. The van der Waals surface area contributed by atoms with Crippen LogP contribution in [0.2, 0.25) is 0 Å². The number of thiophene rings is 1. The summed E-state index contributed by atoms with van der Waals surface area (Å²) in [5, 5.41) is 0. The van der Waals surface area contributed by atoms with E-state index in [1.165, 1.54) is 26.3 Å². The van der Waals surface area contributed by atoms with Crippen molar-refractivity contribution in [3.63, 3.8) is 0 Å². The maximum Gasteiger partial charge on any atom is 0.0894 e. The smallest absolute Gasteiger partial charge is 0.0894 e. The fourth-order valence-corrected chi connectivity index (χ4v) is 3.78. The third-order valence-corrected chi connectivity index (χ3v) is 4.74. The van der Waals surface area contributed by atoms with Crippen molar-refractivity contribution in [2.75, 3.05) is 0 Å². The first-order valence-corrected chi connectivity index (χ1v) is 7.73. The van der Waals surface area contributed by atoms with Gasteiger partial charge in [-0.15, -0.1) is 11.3 Å². The van der Waals surface area contributed by atoms with Crippen molar-refractivity contribution in [3.05, 3.63) is 79.0 Å². The van der Waals surface area contributed by atoms with E-state index in [4.69, 9.17) is 0 Å². The number of benzene rings is 2. The van der Waals surface area contributed by atoms with Gasteiger partial charge >= 0.3 is 0 Å². The zero-order valence-corrected chi connectivity index (χ0v) is 12.2. The molecule has 0 saturated carbocycles. The highest BCUT2D eigenvalue weighted by Crippen LogP contribution is 2.43. The molecule has 0 aliphatic carbocycles. The molecule has 0 unspecified atom stereocenters. The standard InChI is InChI=1S/C19H13NS/c1-3-8-14(9-4-1)17-18-16(12-7-13-20-18)21-19(17)15-10-5-2-6-11-15/h1-13H. The summed E-state index contributed by atoms with van der Waals surface area (Å²) >= 11 is 1.81. The molecule has 0 radical (unpaired) electrons. The third-order valence-electron chi connectivity index (χ3n) is 3.55. The van der Waals surface area contributed by atoms with Gasteiger partial charge in [-0.3, -0.25) is 4.98 Å². The molecule has 0 saturated heterocycles. The molecule has 0 fully saturated rings. The molecule has 0 aliphatic rings. The molecule has 4 aromatic rings. The molecule has 2 aromatic heterocycles. The molecule has 100 valence electrons. The monoisotopic (exact) mass is 287 g/mol. The zero-order valence-electron chi connectivity index (χ0n) is 11.4. The average molecular weight is 287 g/mol. The molecule has 2 heterocycles. The topological polar surface area (TPSA) is 12.9 Å². The fraction of sp³-hybridized carbons (Fsp3) is 0. The van der Waals surface area contributed by atoms with Gasteiger partial charge in [0, 0.05) is 16.6 Å². The largest absolute Gasteiger partial charge is 0.255 e. The van der Waals surface area contributed by atoms with E-state index < -0.39 is 0 Å². The summed E-state index contributed by atoms with van der Waals surface area (Å²) in [5.41, 5.74) is 4.80. The Balaban J connectivity index is 2.07. The molecular weight excluding hydrogens is 274 g/mol. The van der Waals surface area contributed by atoms with Gasteiger partial charge < -0.3 is 0 Å². The molecule has 0 N–H and O–H groups in total. The van der Waals surface area contributed by atoms with E-state index in [-0.39, 0.29) is 0 Å². The van der Waals surface area contributed by atoms with Gasteiger partial charge in [0.2, 0.25) is 0 Å². The molecule has 0 bridgehead atoms. The minimum absolute atomic E-state index is 1.09. The van der Waals surface area contributed by atoms with Crippen molar-refractivity contribution in [2.45, 2.75) is 0 Å². The van der Waals surface area contributed by atoms with Crippen LogP contribution in [-0.4, -0.2) is 4.98 Å². The second-order valence-corrected chi connectivity index (χ2v) is 5.94. The maximum absolute atomic E-state index is 4.61. The number of pyridine rings is 1. The first kappa shape index (κ1) is 12.3.